The number of carbonyl (C=O) groups excluding carboxylic acids is 1. The molecule has 3 aliphatic rings. The molecule has 0 radical (unpaired) electrons. The van der Waals surface area contributed by atoms with E-state index in [4.69, 9.17) is 21.1 Å². The smallest absolute Gasteiger partial charge is 0.225 e. The molecule has 0 N–H and O–H groups in total. The van der Waals surface area contributed by atoms with Gasteiger partial charge in [-0.25, -0.2) is 4.39 Å². The van der Waals surface area contributed by atoms with Crippen LogP contribution in [0, 0.1) is 17.7 Å². The van der Waals surface area contributed by atoms with Crippen molar-refractivity contribution in [3.05, 3.63) is 28.5 Å². The van der Waals surface area contributed by atoms with E-state index in [9.17, 15) is 9.18 Å². The first-order chi connectivity index (χ1) is 14.5. The molecular weight excluding hydrogens is 442 g/mol. The lowest BCUT2D eigenvalue weighted by atomic mass is 9.81. The Morgan fingerprint density at radius 3 is 2.58 bits per heavy atom. The minimum atomic E-state index is -0.290. The summed E-state index contributed by atoms with van der Waals surface area (Å²) in [6, 6.07) is 3.20. The number of nitrogens with zero attached hydrogens (tertiary/aromatic N) is 2. The van der Waals surface area contributed by atoms with E-state index in [0.29, 0.717) is 42.0 Å². The SMILES string of the molecule is CN(C[C@H]1C[C@H](Oc2cc(F)c(CN3CCCC3)c(Cl)c2)C1)C(=O)C1CCOCC1.Cl. The van der Waals surface area contributed by atoms with Gasteiger partial charge in [-0.3, -0.25) is 9.69 Å². The van der Waals surface area contributed by atoms with Gasteiger partial charge >= 0.3 is 0 Å². The highest BCUT2D eigenvalue weighted by Gasteiger charge is 2.34. The molecule has 0 unspecified atom stereocenters. The number of carbonyl (C=O) groups is 1. The zero-order chi connectivity index (χ0) is 21.1. The van der Waals surface area contributed by atoms with Gasteiger partial charge in [0.2, 0.25) is 5.91 Å². The zero-order valence-electron chi connectivity index (χ0n) is 18.2. The molecule has 1 aliphatic carbocycles. The summed E-state index contributed by atoms with van der Waals surface area (Å²) in [5.41, 5.74) is 0.561. The van der Waals surface area contributed by atoms with Crippen molar-refractivity contribution in [2.75, 3.05) is 39.9 Å². The highest BCUT2D eigenvalue weighted by Crippen LogP contribution is 2.35. The molecule has 3 fully saturated rings. The lowest BCUT2D eigenvalue weighted by molar-refractivity contribution is -0.138. The molecule has 1 saturated carbocycles. The molecule has 4 rings (SSSR count). The maximum atomic E-state index is 14.6. The molecule has 2 saturated heterocycles. The van der Waals surface area contributed by atoms with Gasteiger partial charge in [0.25, 0.3) is 0 Å². The van der Waals surface area contributed by atoms with Crippen LogP contribution in [0.25, 0.3) is 0 Å². The Morgan fingerprint density at radius 1 is 1.26 bits per heavy atom. The molecule has 0 atom stereocenters. The first kappa shape index (κ1) is 24.6. The van der Waals surface area contributed by atoms with Crippen LogP contribution in [0.1, 0.15) is 44.1 Å². The molecule has 8 heteroatoms. The van der Waals surface area contributed by atoms with E-state index < -0.39 is 0 Å². The number of rotatable bonds is 7. The van der Waals surface area contributed by atoms with Gasteiger partial charge < -0.3 is 14.4 Å². The quantitative estimate of drug-likeness (QED) is 0.581. The van der Waals surface area contributed by atoms with Gasteiger partial charge in [-0.2, -0.15) is 0 Å². The lowest BCUT2D eigenvalue weighted by Crippen LogP contribution is -2.44. The van der Waals surface area contributed by atoms with Crippen LogP contribution in [-0.4, -0.2) is 61.7 Å². The second kappa shape index (κ2) is 11.2. The summed E-state index contributed by atoms with van der Waals surface area (Å²) < 4.78 is 25.9. The van der Waals surface area contributed by atoms with Crippen molar-refractivity contribution in [2.45, 2.75) is 51.2 Å². The lowest BCUT2D eigenvalue weighted by Gasteiger charge is -2.38. The standard InChI is InChI=1S/C23H32ClFN2O3.ClH/c1-26(23(28)17-4-8-29-9-5-17)14-16-10-18(11-16)30-19-12-21(24)20(22(25)13-19)15-27-6-2-3-7-27;/h12-13,16-18H,2-11,14-15H2,1H3;1H/t16-,18-;. The molecule has 1 amide bonds. The average Bonchev–Trinajstić information content (AvgIpc) is 3.22. The normalized spacial score (nSPS) is 24.4. The van der Waals surface area contributed by atoms with E-state index in [1.165, 1.54) is 18.9 Å². The van der Waals surface area contributed by atoms with Gasteiger partial charge in [-0.05, 0) is 63.6 Å². The number of hydrogen-bond donors (Lipinski definition) is 0. The number of halogens is 3. The van der Waals surface area contributed by atoms with Crippen molar-refractivity contribution in [3.8, 4) is 5.75 Å². The Labute approximate surface area is 195 Å². The van der Waals surface area contributed by atoms with Crippen LogP contribution in [0.15, 0.2) is 12.1 Å². The summed E-state index contributed by atoms with van der Waals surface area (Å²) in [6.45, 7) is 4.68. The Hall–Kier alpha value is -1.08. The van der Waals surface area contributed by atoms with Crippen molar-refractivity contribution in [1.29, 1.82) is 0 Å². The topological polar surface area (TPSA) is 42.0 Å². The third kappa shape index (κ3) is 6.25. The summed E-state index contributed by atoms with van der Waals surface area (Å²) in [5.74, 6) is 0.962. The van der Waals surface area contributed by atoms with E-state index in [0.717, 1.165) is 45.3 Å². The number of benzene rings is 1. The average molecular weight is 475 g/mol. The number of hydrogen-bond acceptors (Lipinski definition) is 4. The third-order valence-electron chi connectivity index (χ3n) is 6.67. The van der Waals surface area contributed by atoms with Crippen molar-refractivity contribution >= 4 is 29.9 Å². The Morgan fingerprint density at radius 2 is 1.94 bits per heavy atom. The van der Waals surface area contributed by atoms with Crippen LogP contribution >= 0.6 is 24.0 Å². The van der Waals surface area contributed by atoms with Crippen LogP contribution < -0.4 is 4.74 Å². The molecular formula is C23H33Cl2FN2O3. The maximum Gasteiger partial charge on any atom is 0.225 e. The van der Waals surface area contributed by atoms with E-state index in [1.54, 1.807) is 6.07 Å². The number of ether oxygens (including phenoxy) is 2. The van der Waals surface area contributed by atoms with E-state index in [-0.39, 0.29) is 36.2 Å². The molecule has 0 spiro atoms. The van der Waals surface area contributed by atoms with E-state index >= 15 is 0 Å². The van der Waals surface area contributed by atoms with Crippen molar-refractivity contribution in [3.63, 3.8) is 0 Å². The van der Waals surface area contributed by atoms with E-state index in [2.05, 4.69) is 4.90 Å². The van der Waals surface area contributed by atoms with Crippen LogP contribution in [0.2, 0.25) is 5.02 Å². The molecule has 174 valence electrons. The van der Waals surface area contributed by atoms with Gasteiger partial charge in [-0.15, -0.1) is 12.4 Å². The van der Waals surface area contributed by atoms with Gasteiger partial charge in [-0.1, -0.05) is 11.6 Å². The first-order valence-corrected chi connectivity index (χ1v) is 11.6. The van der Waals surface area contributed by atoms with Crippen LogP contribution in [0.3, 0.4) is 0 Å². The van der Waals surface area contributed by atoms with Crippen molar-refractivity contribution < 1.29 is 18.7 Å². The Kier molecular flexibility index (Phi) is 8.85. The fourth-order valence-corrected chi connectivity index (χ4v) is 5.07. The Balaban J connectivity index is 0.00000272. The van der Waals surface area contributed by atoms with Gasteiger partial charge in [0, 0.05) is 50.9 Å². The minimum Gasteiger partial charge on any atom is -0.490 e. The summed E-state index contributed by atoms with van der Waals surface area (Å²) in [5, 5.41) is 0.439. The highest BCUT2D eigenvalue weighted by molar-refractivity contribution is 6.31. The van der Waals surface area contributed by atoms with Gasteiger partial charge in [0.1, 0.15) is 11.6 Å². The van der Waals surface area contributed by atoms with Crippen LogP contribution in [0.4, 0.5) is 4.39 Å². The fourth-order valence-electron chi connectivity index (χ4n) is 4.81. The molecule has 5 nitrogen and oxygen atoms in total. The van der Waals surface area contributed by atoms with Crippen molar-refractivity contribution in [1.82, 2.24) is 9.80 Å². The van der Waals surface area contributed by atoms with Crippen LogP contribution in [-0.2, 0) is 16.1 Å². The summed E-state index contributed by atoms with van der Waals surface area (Å²) in [7, 11) is 1.89. The number of amides is 1. The van der Waals surface area contributed by atoms with Gasteiger partial charge in [0.05, 0.1) is 11.1 Å². The van der Waals surface area contributed by atoms with Gasteiger partial charge in [0.15, 0.2) is 0 Å². The van der Waals surface area contributed by atoms with E-state index in [1.807, 2.05) is 11.9 Å². The Bertz CT molecular complexity index is 725. The molecule has 1 aromatic rings. The summed E-state index contributed by atoms with van der Waals surface area (Å²) >= 11 is 6.36. The number of likely N-dealkylation sites (tertiary alicyclic amines) is 1. The molecule has 1 aromatic carbocycles. The minimum absolute atomic E-state index is 0. The van der Waals surface area contributed by atoms with Crippen LogP contribution in [0.5, 0.6) is 5.75 Å². The third-order valence-corrected chi connectivity index (χ3v) is 7.01. The molecule has 2 heterocycles. The predicted octanol–water partition coefficient (Wildman–Crippen LogP) is 4.54. The monoisotopic (exact) mass is 474 g/mol. The second-order valence-electron chi connectivity index (χ2n) is 9.03. The largest absolute Gasteiger partial charge is 0.490 e. The fraction of sp³-hybridized carbons (Fsp3) is 0.696. The summed E-state index contributed by atoms with van der Waals surface area (Å²) in [4.78, 5) is 16.7. The molecule has 2 aliphatic heterocycles. The highest BCUT2D eigenvalue weighted by atomic mass is 35.5. The first-order valence-electron chi connectivity index (χ1n) is 11.2. The molecule has 0 bridgehead atoms. The predicted molar refractivity (Wildman–Crippen MR) is 121 cm³/mol. The molecule has 0 aromatic heterocycles. The summed E-state index contributed by atoms with van der Waals surface area (Å²) in [6.07, 6.45) is 5.78. The maximum absolute atomic E-state index is 14.6. The van der Waals surface area contributed by atoms with Crippen molar-refractivity contribution in [2.24, 2.45) is 11.8 Å². The second-order valence-corrected chi connectivity index (χ2v) is 9.44. The zero-order valence-corrected chi connectivity index (χ0v) is 19.7. The molecule has 31 heavy (non-hydrogen) atoms.